The molecule has 0 bridgehead atoms. The second-order valence-electron chi connectivity index (χ2n) is 3.98. The molecule has 0 saturated heterocycles. The molecule has 1 heterocycles. The molecular weight excluding hydrogens is 246 g/mol. The first-order chi connectivity index (χ1) is 9.20. The normalized spacial score (nSPS) is 10.4. The fourth-order valence-electron chi connectivity index (χ4n) is 1.73. The van der Waals surface area contributed by atoms with Gasteiger partial charge in [-0.3, -0.25) is 4.79 Å². The fourth-order valence-corrected chi connectivity index (χ4v) is 1.73. The van der Waals surface area contributed by atoms with Crippen LogP contribution in [0, 0.1) is 0 Å². The maximum Gasteiger partial charge on any atom is 0.396 e. The van der Waals surface area contributed by atoms with Crippen LogP contribution >= 0.6 is 0 Å². The monoisotopic (exact) mass is 261 g/mol. The molecule has 19 heavy (non-hydrogen) atoms. The van der Waals surface area contributed by atoms with Crippen LogP contribution in [-0.2, 0) is 20.7 Å². The van der Waals surface area contributed by atoms with Gasteiger partial charge in [-0.25, -0.2) is 9.78 Å². The van der Waals surface area contributed by atoms with E-state index in [0.29, 0.717) is 13.0 Å². The summed E-state index contributed by atoms with van der Waals surface area (Å²) in [6.07, 6.45) is 2.27. The molecule has 0 saturated carbocycles. The largest absolute Gasteiger partial charge is 0.459 e. The number of hydrogen-bond donors (Lipinski definition) is 2. The average Bonchev–Trinajstić information content (AvgIpc) is 2.86. The Labute approximate surface area is 110 Å². The first-order valence-corrected chi connectivity index (χ1v) is 6.07. The lowest BCUT2D eigenvalue weighted by molar-refractivity contribution is -0.154. The average molecular weight is 261 g/mol. The van der Waals surface area contributed by atoms with Gasteiger partial charge in [-0.2, -0.15) is 0 Å². The fraction of sp³-hybridized carbons (Fsp3) is 0.308. The summed E-state index contributed by atoms with van der Waals surface area (Å²) in [7, 11) is 0. The van der Waals surface area contributed by atoms with Crippen LogP contribution in [0.5, 0.6) is 0 Å². The van der Waals surface area contributed by atoms with Gasteiger partial charge in [-0.15, -0.1) is 0 Å². The van der Waals surface area contributed by atoms with Gasteiger partial charge in [0.05, 0.1) is 24.0 Å². The molecule has 100 valence electrons. The van der Waals surface area contributed by atoms with Crippen molar-refractivity contribution in [2.45, 2.75) is 13.3 Å². The van der Waals surface area contributed by atoms with Crippen LogP contribution in [0.25, 0.3) is 11.0 Å². The molecule has 0 fully saturated rings. The predicted octanol–water partition coefficient (Wildman–Crippen LogP) is 0.785. The summed E-state index contributed by atoms with van der Waals surface area (Å²) in [6, 6.07) is 5.83. The molecular formula is C13H15N3O3. The molecule has 1 amide bonds. The quantitative estimate of drug-likeness (QED) is 0.629. The van der Waals surface area contributed by atoms with Gasteiger partial charge in [0, 0.05) is 6.54 Å². The SMILES string of the molecule is CCOC(=O)C(=O)NCCc1ccc2nc[nH]c2c1. The Balaban J connectivity index is 1.85. The molecule has 0 aliphatic rings. The number of ether oxygens (including phenoxy) is 1. The van der Waals surface area contributed by atoms with E-state index in [1.54, 1.807) is 13.3 Å². The van der Waals surface area contributed by atoms with E-state index in [-0.39, 0.29) is 6.61 Å². The number of aromatic nitrogens is 2. The number of aromatic amines is 1. The number of fused-ring (bicyclic) bond motifs is 1. The van der Waals surface area contributed by atoms with E-state index in [1.807, 2.05) is 18.2 Å². The molecule has 0 aliphatic heterocycles. The van der Waals surface area contributed by atoms with E-state index < -0.39 is 11.9 Å². The second-order valence-corrected chi connectivity index (χ2v) is 3.98. The van der Waals surface area contributed by atoms with Gasteiger partial charge in [0.2, 0.25) is 0 Å². The molecule has 0 radical (unpaired) electrons. The molecule has 0 aliphatic carbocycles. The third kappa shape index (κ3) is 3.31. The summed E-state index contributed by atoms with van der Waals surface area (Å²) in [5.41, 5.74) is 2.91. The van der Waals surface area contributed by atoms with E-state index in [2.05, 4.69) is 20.0 Å². The first kappa shape index (κ1) is 13.1. The third-order valence-electron chi connectivity index (χ3n) is 2.64. The van der Waals surface area contributed by atoms with Crippen LogP contribution in [0.1, 0.15) is 12.5 Å². The zero-order chi connectivity index (χ0) is 13.7. The van der Waals surface area contributed by atoms with Gasteiger partial charge < -0.3 is 15.0 Å². The van der Waals surface area contributed by atoms with Gasteiger partial charge in [0.15, 0.2) is 0 Å². The summed E-state index contributed by atoms with van der Waals surface area (Å²) in [6.45, 7) is 2.24. The van der Waals surface area contributed by atoms with Crippen LogP contribution in [0.3, 0.4) is 0 Å². The zero-order valence-corrected chi connectivity index (χ0v) is 10.6. The van der Waals surface area contributed by atoms with Crippen LogP contribution in [-0.4, -0.2) is 35.0 Å². The molecule has 6 heteroatoms. The molecule has 2 rings (SSSR count). The van der Waals surface area contributed by atoms with Crippen LogP contribution in [0.2, 0.25) is 0 Å². The molecule has 2 aromatic rings. The number of rotatable bonds is 4. The summed E-state index contributed by atoms with van der Waals surface area (Å²) in [4.78, 5) is 29.5. The number of carbonyl (C=O) groups excluding carboxylic acids is 2. The Morgan fingerprint density at radius 3 is 3.05 bits per heavy atom. The van der Waals surface area contributed by atoms with Gasteiger partial charge in [0.25, 0.3) is 0 Å². The van der Waals surface area contributed by atoms with Crippen molar-refractivity contribution in [3.8, 4) is 0 Å². The van der Waals surface area contributed by atoms with Crippen molar-refractivity contribution < 1.29 is 14.3 Å². The summed E-state index contributed by atoms with van der Waals surface area (Å²) in [5.74, 6) is -1.55. The standard InChI is InChI=1S/C13H15N3O3/c1-2-19-13(18)12(17)14-6-5-9-3-4-10-11(7-9)16-8-15-10/h3-4,7-8H,2,5-6H2,1H3,(H,14,17)(H,15,16). The van der Waals surface area contributed by atoms with Crippen LogP contribution < -0.4 is 5.32 Å². The van der Waals surface area contributed by atoms with E-state index in [1.165, 1.54) is 0 Å². The predicted molar refractivity (Wildman–Crippen MR) is 69.4 cm³/mol. The molecule has 0 spiro atoms. The highest BCUT2D eigenvalue weighted by molar-refractivity contribution is 6.32. The van der Waals surface area contributed by atoms with Gasteiger partial charge in [-0.1, -0.05) is 6.07 Å². The van der Waals surface area contributed by atoms with Crippen molar-refractivity contribution in [3.63, 3.8) is 0 Å². The number of imidazole rings is 1. The summed E-state index contributed by atoms with van der Waals surface area (Å²) in [5, 5.41) is 2.52. The van der Waals surface area contributed by atoms with Crippen molar-refractivity contribution in [3.05, 3.63) is 30.1 Å². The van der Waals surface area contributed by atoms with E-state index in [0.717, 1.165) is 16.6 Å². The lowest BCUT2D eigenvalue weighted by Gasteiger charge is -2.04. The van der Waals surface area contributed by atoms with Crippen molar-refractivity contribution in [2.24, 2.45) is 0 Å². The minimum absolute atomic E-state index is 0.197. The maximum atomic E-state index is 11.3. The summed E-state index contributed by atoms with van der Waals surface area (Å²) >= 11 is 0. The number of esters is 1. The van der Waals surface area contributed by atoms with Crippen LogP contribution in [0.15, 0.2) is 24.5 Å². The number of nitrogens with one attached hydrogen (secondary N) is 2. The van der Waals surface area contributed by atoms with Crippen molar-refractivity contribution in [1.29, 1.82) is 0 Å². The van der Waals surface area contributed by atoms with Gasteiger partial charge in [-0.05, 0) is 31.0 Å². The van der Waals surface area contributed by atoms with Crippen molar-refractivity contribution in [1.82, 2.24) is 15.3 Å². The Bertz CT molecular complexity index is 592. The number of benzene rings is 1. The topological polar surface area (TPSA) is 84.1 Å². The lowest BCUT2D eigenvalue weighted by atomic mass is 10.1. The first-order valence-electron chi connectivity index (χ1n) is 6.07. The molecule has 0 unspecified atom stereocenters. The van der Waals surface area contributed by atoms with E-state index in [9.17, 15) is 9.59 Å². The molecule has 1 aromatic heterocycles. The third-order valence-corrected chi connectivity index (χ3v) is 2.64. The number of H-pyrrole nitrogens is 1. The zero-order valence-electron chi connectivity index (χ0n) is 10.6. The molecule has 0 atom stereocenters. The second kappa shape index (κ2) is 5.99. The van der Waals surface area contributed by atoms with Crippen molar-refractivity contribution in [2.75, 3.05) is 13.2 Å². The number of nitrogens with zero attached hydrogens (tertiary/aromatic N) is 1. The molecule has 6 nitrogen and oxygen atoms in total. The lowest BCUT2D eigenvalue weighted by Crippen LogP contribution is -2.33. The van der Waals surface area contributed by atoms with E-state index in [4.69, 9.17) is 0 Å². The molecule has 1 aromatic carbocycles. The molecule has 2 N–H and O–H groups in total. The minimum atomic E-state index is -0.841. The highest BCUT2D eigenvalue weighted by Gasteiger charge is 2.13. The minimum Gasteiger partial charge on any atom is -0.459 e. The highest BCUT2D eigenvalue weighted by Crippen LogP contribution is 2.11. The Kier molecular flexibility index (Phi) is 4.12. The highest BCUT2D eigenvalue weighted by atomic mass is 16.5. The smallest absolute Gasteiger partial charge is 0.396 e. The number of carbonyl (C=O) groups is 2. The van der Waals surface area contributed by atoms with Crippen LogP contribution in [0.4, 0.5) is 0 Å². The Morgan fingerprint density at radius 2 is 2.26 bits per heavy atom. The number of hydrogen-bond acceptors (Lipinski definition) is 4. The van der Waals surface area contributed by atoms with Gasteiger partial charge in [0.1, 0.15) is 0 Å². The number of amides is 1. The van der Waals surface area contributed by atoms with Gasteiger partial charge >= 0.3 is 11.9 Å². The Morgan fingerprint density at radius 1 is 1.42 bits per heavy atom. The van der Waals surface area contributed by atoms with E-state index >= 15 is 0 Å². The van der Waals surface area contributed by atoms with Crippen molar-refractivity contribution >= 4 is 22.9 Å². The maximum absolute atomic E-state index is 11.3. The summed E-state index contributed by atoms with van der Waals surface area (Å²) < 4.78 is 4.59. The Hall–Kier alpha value is -2.37.